The quantitative estimate of drug-likeness (QED) is 0.666. The number of alkyl halides is 1. The average molecular weight is 245 g/mol. The summed E-state index contributed by atoms with van der Waals surface area (Å²) in [5, 5.41) is 3.82. The number of hydrogen-bond acceptors (Lipinski definition) is 3. The van der Waals surface area contributed by atoms with E-state index >= 15 is 0 Å². The number of nitrogens with zero attached hydrogens (tertiary/aromatic N) is 2. The van der Waals surface area contributed by atoms with Crippen LogP contribution in [0.2, 0.25) is 0 Å². The Morgan fingerprint density at radius 1 is 1.25 bits per heavy atom. The molecule has 3 nitrogen and oxygen atoms in total. The second kappa shape index (κ2) is 6.89. The fraction of sp³-hybridized carbons (Fsp3) is 0.833. The Morgan fingerprint density at radius 3 is 2.56 bits per heavy atom. The van der Waals surface area contributed by atoms with E-state index in [1.54, 1.807) is 0 Å². The summed E-state index contributed by atoms with van der Waals surface area (Å²) in [5.74, 6) is 1.78. The van der Waals surface area contributed by atoms with Crippen molar-refractivity contribution < 1.29 is 4.52 Å². The molecule has 0 radical (unpaired) electrons. The predicted octanol–water partition coefficient (Wildman–Crippen LogP) is 4.44. The van der Waals surface area contributed by atoms with Gasteiger partial charge in [0.1, 0.15) is 0 Å². The van der Waals surface area contributed by atoms with Gasteiger partial charge in [-0.05, 0) is 19.3 Å². The van der Waals surface area contributed by atoms with Crippen LogP contribution in [-0.4, -0.2) is 10.1 Å². The Morgan fingerprint density at radius 2 is 2.00 bits per heavy atom. The zero-order chi connectivity index (χ0) is 12.0. The molecule has 1 aromatic rings. The highest BCUT2D eigenvalue weighted by Gasteiger charge is 2.19. The summed E-state index contributed by atoms with van der Waals surface area (Å²) in [6.45, 7) is 6.36. The SMILES string of the molecule is CCCCC(CC)c1nc(C(Cl)CC)no1. The van der Waals surface area contributed by atoms with Crippen molar-refractivity contribution >= 4 is 11.6 Å². The molecule has 2 unspecified atom stereocenters. The van der Waals surface area contributed by atoms with Crippen LogP contribution >= 0.6 is 11.6 Å². The van der Waals surface area contributed by atoms with Crippen LogP contribution in [0.15, 0.2) is 4.52 Å². The lowest BCUT2D eigenvalue weighted by atomic mass is 9.99. The first kappa shape index (κ1) is 13.5. The zero-order valence-electron chi connectivity index (χ0n) is 10.4. The van der Waals surface area contributed by atoms with Crippen LogP contribution in [0.25, 0.3) is 0 Å². The van der Waals surface area contributed by atoms with Crippen molar-refractivity contribution in [3.63, 3.8) is 0 Å². The van der Waals surface area contributed by atoms with Gasteiger partial charge in [-0.3, -0.25) is 0 Å². The van der Waals surface area contributed by atoms with Gasteiger partial charge in [0.25, 0.3) is 0 Å². The molecular weight excluding hydrogens is 224 g/mol. The summed E-state index contributed by atoms with van der Waals surface area (Å²) in [6.07, 6.45) is 5.39. The molecule has 0 aliphatic rings. The van der Waals surface area contributed by atoms with Gasteiger partial charge in [-0.25, -0.2) is 0 Å². The Bertz CT molecular complexity index is 301. The molecule has 0 N–H and O–H groups in total. The van der Waals surface area contributed by atoms with Crippen LogP contribution in [-0.2, 0) is 0 Å². The van der Waals surface area contributed by atoms with Gasteiger partial charge in [0.05, 0.1) is 5.38 Å². The highest BCUT2D eigenvalue weighted by atomic mass is 35.5. The smallest absolute Gasteiger partial charge is 0.229 e. The first-order chi connectivity index (χ1) is 7.72. The van der Waals surface area contributed by atoms with Crippen molar-refractivity contribution in [2.75, 3.05) is 0 Å². The third-order valence-corrected chi connectivity index (χ3v) is 3.35. The Hall–Kier alpha value is -0.570. The van der Waals surface area contributed by atoms with Gasteiger partial charge in [-0.15, -0.1) is 11.6 Å². The lowest BCUT2D eigenvalue weighted by molar-refractivity contribution is 0.336. The number of halogens is 1. The average Bonchev–Trinajstić information content (AvgIpc) is 2.78. The predicted molar refractivity (Wildman–Crippen MR) is 65.7 cm³/mol. The van der Waals surface area contributed by atoms with Gasteiger partial charge in [-0.2, -0.15) is 4.98 Å². The largest absolute Gasteiger partial charge is 0.339 e. The second-order valence-electron chi connectivity index (χ2n) is 4.11. The first-order valence-corrected chi connectivity index (χ1v) is 6.64. The van der Waals surface area contributed by atoms with Crippen molar-refractivity contribution in [3.05, 3.63) is 11.7 Å². The minimum absolute atomic E-state index is 0.124. The summed E-state index contributed by atoms with van der Waals surface area (Å²) in [7, 11) is 0. The number of unbranched alkanes of at least 4 members (excludes halogenated alkanes) is 1. The Kier molecular flexibility index (Phi) is 5.81. The molecule has 92 valence electrons. The van der Waals surface area contributed by atoms with Crippen molar-refractivity contribution in [2.45, 2.75) is 64.2 Å². The molecule has 0 bridgehead atoms. The van der Waals surface area contributed by atoms with E-state index in [0.29, 0.717) is 11.7 Å². The lowest BCUT2D eigenvalue weighted by Gasteiger charge is -2.08. The summed E-state index contributed by atoms with van der Waals surface area (Å²) in [5.41, 5.74) is 0. The second-order valence-corrected chi connectivity index (χ2v) is 4.64. The van der Waals surface area contributed by atoms with Crippen LogP contribution in [0, 0.1) is 0 Å². The van der Waals surface area contributed by atoms with Crippen LogP contribution in [0.4, 0.5) is 0 Å². The van der Waals surface area contributed by atoms with E-state index in [9.17, 15) is 0 Å². The molecule has 0 aliphatic carbocycles. The summed E-state index contributed by atoms with van der Waals surface area (Å²) in [4.78, 5) is 4.40. The van der Waals surface area contributed by atoms with E-state index < -0.39 is 0 Å². The molecule has 16 heavy (non-hydrogen) atoms. The van der Waals surface area contributed by atoms with E-state index in [1.165, 1.54) is 12.8 Å². The molecule has 1 heterocycles. The minimum atomic E-state index is -0.124. The molecule has 1 aromatic heterocycles. The van der Waals surface area contributed by atoms with Crippen molar-refractivity contribution in [3.8, 4) is 0 Å². The standard InChI is InChI=1S/C12H21ClN2O/c1-4-7-8-9(5-2)12-14-11(15-16-12)10(13)6-3/h9-10H,4-8H2,1-3H3. The summed E-state index contributed by atoms with van der Waals surface area (Å²) < 4.78 is 5.29. The molecule has 2 atom stereocenters. The fourth-order valence-corrected chi connectivity index (χ4v) is 1.76. The van der Waals surface area contributed by atoms with Gasteiger partial charge in [0.15, 0.2) is 5.82 Å². The van der Waals surface area contributed by atoms with Gasteiger partial charge in [-0.1, -0.05) is 38.8 Å². The van der Waals surface area contributed by atoms with Crippen LogP contribution in [0.3, 0.4) is 0 Å². The molecule has 0 amide bonds. The Balaban J connectivity index is 2.66. The lowest BCUT2D eigenvalue weighted by Crippen LogP contribution is -1.99. The summed E-state index contributed by atoms with van der Waals surface area (Å²) >= 11 is 6.07. The first-order valence-electron chi connectivity index (χ1n) is 6.20. The van der Waals surface area contributed by atoms with Gasteiger partial charge in [0.2, 0.25) is 5.89 Å². The van der Waals surface area contributed by atoms with Crippen molar-refractivity contribution in [2.24, 2.45) is 0 Å². The van der Waals surface area contributed by atoms with Gasteiger partial charge in [0, 0.05) is 5.92 Å². The van der Waals surface area contributed by atoms with E-state index in [-0.39, 0.29) is 5.38 Å². The number of aromatic nitrogens is 2. The molecule has 4 heteroatoms. The Labute approximate surface area is 103 Å². The minimum Gasteiger partial charge on any atom is -0.339 e. The normalized spacial score (nSPS) is 15.0. The topological polar surface area (TPSA) is 38.9 Å². The van der Waals surface area contributed by atoms with E-state index in [0.717, 1.165) is 25.2 Å². The number of rotatable bonds is 7. The molecule has 0 aromatic carbocycles. The van der Waals surface area contributed by atoms with Crippen LogP contribution in [0.5, 0.6) is 0 Å². The highest BCUT2D eigenvalue weighted by Crippen LogP contribution is 2.27. The van der Waals surface area contributed by atoms with Crippen molar-refractivity contribution in [1.29, 1.82) is 0 Å². The van der Waals surface area contributed by atoms with Crippen LogP contribution in [0.1, 0.15) is 75.9 Å². The highest BCUT2D eigenvalue weighted by molar-refractivity contribution is 6.20. The monoisotopic (exact) mass is 244 g/mol. The van der Waals surface area contributed by atoms with Gasteiger partial charge < -0.3 is 4.52 Å². The van der Waals surface area contributed by atoms with E-state index in [2.05, 4.69) is 24.0 Å². The zero-order valence-corrected chi connectivity index (χ0v) is 11.1. The van der Waals surface area contributed by atoms with E-state index in [4.69, 9.17) is 16.1 Å². The molecule has 0 saturated carbocycles. The molecule has 0 aliphatic heterocycles. The maximum atomic E-state index is 6.07. The summed E-state index contributed by atoms with van der Waals surface area (Å²) in [6, 6.07) is 0. The molecule has 1 rings (SSSR count). The van der Waals surface area contributed by atoms with E-state index in [1.807, 2.05) is 6.92 Å². The van der Waals surface area contributed by atoms with Gasteiger partial charge >= 0.3 is 0 Å². The molecule has 0 saturated heterocycles. The maximum Gasteiger partial charge on any atom is 0.229 e. The molecular formula is C12H21ClN2O. The third kappa shape index (κ3) is 3.48. The maximum absolute atomic E-state index is 6.07. The molecule has 0 fully saturated rings. The fourth-order valence-electron chi connectivity index (χ4n) is 1.68. The number of hydrogen-bond donors (Lipinski definition) is 0. The van der Waals surface area contributed by atoms with Crippen molar-refractivity contribution in [1.82, 2.24) is 10.1 Å². The third-order valence-electron chi connectivity index (χ3n) is 2.84. The molecule has 0 spiro atoms. The van der Waals surface area contributed by atoms with Crippen LogP contribution < -0.4 is 0 Å².